The average Bonchev–Trinajstić information content (AvgIpc) is 3.45. The molecule has 3 heterocycles. The topological polar surface area (TPSA) is 77.0 Å². The lowest BCUT2D eigenvalue weighted by Crippen LogP contribution is -2.49. The molecule has 2 amide bonds. The van der Waals surface area contributed by atoms with Gasteiger partial charge in [0.1, 0.15) is 0 Å². The molecule has 2 aliphatic heterocycles. The zero-order chi connectivity index (χ0) is 20.9. The third kappa shape index (κ3) is 6.12. The highest BCUT2D eigenvalue weighted by Gasteiger charge is 2.32. The van der Waals surface area contributed by atoms with Gasteiger partial charge in [-0.15, -0.1) is 35.3 Å². The van der Waals surface area contributed by atoms with Crippen molar-refractivity contribution < 1.29 is 9.59 Å². The SMILES string of the molecule is CN=C(NCC(=O)N1CCc2sccc2C1)NC1CCN(C(=O)C2CCCCC2)C1.I. The van der Waals surface area contributed by atoms with Crippen molar-refractivity contribution in [3.05, 3.63) is 21.9 Å². The Labute approximate surface area is 206 Å². The van der Waals surface area contributed by atoms with E-state index in [1.54, 1.807) is 18.4 Å². The summed E-state index contributed by atoms with van der Waals surface area (Å²) in [5, 5.41) is 8.67. The second kappa shape index (κ2) is 11.5. The van der Waals surface area contributed by atoms with E-state index in [0.717, 1.165) is 45.3 Å². The molecule has 0 aromatic carbocycles. The number of hydrogen-bond donors (Lipinski definition) is 2. The molecule has 1 aliphatic carbocycles. The van der Waals surface area contributed by atoms with Crippen LogP contribution in [0.1, 0.15) is 49.0 Å². The summed E-state index contributed by atoms with van der Waals surface area (Å²) in [6.45, 7) is 3.24. The van der Waals surface area contributed by atoms with Crippen LogP contribution in [0.2, 0.25) is 0 Å². The molecule has 9 heteroatoms. The number of rotatable bonds is 4. The van der Waals surface area contributed by atoms with E-state index in [2.05, 4.69) is 27.1 Å². The molecule has 1 aromatic rings. The lowest BCUT2D eigenvalue weighted by Gasteiger charge is -2.28. The molecule has 0 bridgehead atoms. The summed E-state index contributed by atoms with van der Waals surface area (Å²) >= 11 is 1.78. The summed E-state index contributed by atoms with van der Waals surface area (Å²) in [6.07, 6.45) is 7.58. The van der Waals surface area contributed by atoms with E-state index in [0.29, 0.717) is 18.4 Å². The fourth-order valence-corrected chi connectivity index (χ4v) is 5.70. The Morgan fingerprint density at radius 1 is 1.16 bits per heavy atom. The minimum Gasteiger partial charge on any atom is -0.352 e. The number of carbonyl (C=O) groups is 2. The molecule has 1 saturated carbocycles. The number of likely N-dealkylation sites (tertiary alicyclic amines) is 1. The quantitative estimate of drug-likeness (QED) is 0.338. The lowest BCUT2D eigenvalue weighted by molar-refractivity contribution is -0.135. The summed E-state index contributed by atoms with van der Waals surface area (Å²) in [5.41, 5.74) is 1.27. The largest absolute Gasteiger partial charge is 0.352 e. The molecular formula is C22H34IN5O2S. The van der Waals surface area contributed by atoms with Gasteiger partial charge in [-0.05, 0) is 42.7 Å². The molecule has 4 rings (SSSR count). The molecule has 3 aliphatic rings. The van der Waals surface area contributed by atoms with Gasteiger partial charge in [0, 0.05) is 50.1 Å². The molecule has 2 N–H and O–H groups in total. The zero-order valence-corrected chi connectivity index (χ0v) is 21.4. The van der Waals surface area contributed by atoms with Crippen molar-refractivity contribution in [1.29, 1.82) is 0 Å². The minimum atomic E-state index is 0. The monoisotopic (exact) mass is 559 g/mol. The fourth-order valence-electron chi connectivity index (χ4n) is 4.81. The number of hydrogen-bond acceptors (Lipinski definition) is 4. The van der Waals surface area contributed by atoms with Crippen molar-refractivity contribution in [2.75, 3.05) is 33.2 Å². The van der Waals surface area contributed by atoms with Crippen LogP contribution in [0.5, 0.6) is 0 Å². The average molecular weight is 560 g/mol. The molecule has 0 radical (unpaired) electrons. The number of fused-ring (bicyclic) bond motifs is 1. The van der Waals surface area contributed by atoms with Crippen molar-refractivity contribution in [1.82, 2.24) is 20.4 Å². The van der Waals surface area contributed by atoms with Crippen LogP contribution in [0, 0.1) is 5.92 Å². The first-order chi connectivity index (χ1) is 14.6. The van der Waals surface area contributed by atoms with Gasteiger partial charge in [0.2, 0.25) is 11.8 Å². The Kier molecular flexibility index (Phi) is 9.00. The number of halogens is 1. The van der Waals surface area contributed by atoms with Gasteiger partial charge >= 0.3 is 0 Å². The normalized spacial score (nSPS) is 22.0. The summed E-state index contributed by atoms with van der Waals surface area (Å²) in [6, 6.07) is 2.30. The smallest absolute Gasteiger partial charge is 0.242 e. The van der Waals surface area contributed by atoms with Crippen LogP contribution in [0.3, 0.4) is 0 Å². The predicted molar refractivity (Wildman–Crippen MR) is 135 cm³/mol. The van der Waals surface area contributed by atoms with E-state index < -0.39 is 0 Å². The molecule has 1 saturated heterocycles. The van der Waals surface area contributed by atoms with Crippen LogP contribution in [0.25, 0.3) is 0 Å². The van der Waals surface area contributed by atoms with Crippen LogP contribution in [-0.2, 0) is 22.6 Å². The van der Waals surface area contributed by atoms with Gasteiger partial charge in [-0.25, -0.2) is 0 Å². The van der Waals surface area contributed by atoms with Crippen molar-refractivity contribution in [3.63, 3.8) is 0 Å². The first-order valence-corrected chi connectivity index (χ1v) is 12.1. The first kappa shape index (κ1) is 24.3. The number of amides is 2. The van der Waals surface area contributed by atoms with Crippen LogP contribution in [0.4, 0.5) is 0 Å². The highest BCUT2D eigenvalue weighted by Crippen LogP contribution is 2.27. The van der Waals surface area contributed by atoms with Gasteiger partial charge in [-0.2, -0.15) is 0 Å². The predicted octanol–water partition coefficient (Wildman–Crippen LogP) is 2.60. The molecule has 172 valence electrons. The van der Waals surface area contributed by atoms with Crippen molar-refractivity contribution >= 4 is 53.1 Å². The second-order valence-electron chi connectivity index (χ2n) is 8.61. The maximum absolute atomic E-state index is 12.8. The maximum atomic E-state index is 12.8. The molecule has 1 atom stereocenters. The lowest BCUT2D eigenvalue weighted by atomic mass is 9.88. The standard InChI is InChI=1S/C22H33N5O2S.HI/c1-23-22(24-13-20(28)26-11-8-19-17(14-26)9-12-30-19)25-18-7-10-27(15-18)21(29)16-5-3-2-4-6-16;/h9,12,16,18H,2-8,10-11,13-15H2,1H3,(H2,23,24,25);1H. The Morgan fingerprint density at radius 3 is 2.74 bits per heavy atom. The van der Waals surface area contributed by atoms with Crippen LogP contribution in [0.15, 0.2) is 16.4 Å². The maximum Gasteiger partial charge on any atom is 0.242 e. The Morgan fingerprint density at radius 2 is 1.97 bits per heavy atom. The Hall–Kier alpha value is -1.36. The molecule has 2 fully saturated rings. The Balaban J connectivity index is 0.00000272. The molecule has 1 unspecified atom stereocenters. The summed E-state index contributed by atoms with van der Waals surface area (Å²) in [4.78, 5) is 35.0. The highest BCUT2D eigenvalue weighted by molar-refractivity contribution is 14.0. The van der Waals surface area contributed by atoms with Gasteiger partial charge < -0.3 is 20.4 Å². The Bertz CT molecular complexity index is 793. The number of thiophene rings is 1. The zero-order valence-electron chi connectivity index (χ0n) is 18.3. The summed E-state index contributed by atoms with van der Waals surface area (Å²) in [7, 11) is 1.72. The molecule has 0 spiro atoms. The number of nitrogens with one attached hydrogen (secondary N) is 2. The van der Waals surface area contributed by atoms with Crippen molar-refractivity contribution in [2.45, 2.75) is 57.5 Å². The summed E-state index contributed by atoms with van der Waals surface area (Å²) in [5.74, 6) is 1.28. The minimum absolute atomic E-state index is 0. The van der Waals surface area contributed by atoms with E-state index in [1.807, 2.05) is 9.80 Å². The van der Waals surface area contributed by atoms with E-state index in [9.17, 15) is 9.59 Å². The number of carbonyl (C=O) groups excluding carboxylic acids is 2. The van der Waals surface area contributed by atoms with E-state index in [1.165, 1.54) is 29.7 Å². The van der Waals surface area contributed by atoms with Crippen LogP contribution < -0.4 is 10.6 Å². The third-order valence-electron chi connectivity index (χ3n) is 6.59. The summed E-state index contributed by atoms with van der Waals surface area (Å²) < 4.78 is 0. The van der Waals surface area contributed by atoms with Crippen LogP contribution in [-0.4, -0.2) is 66.8 Å². The highest BCUT2D eigenvalue weighted by atomic mass is 127. The van der Waals surface area contributed by atoms with Crippen molar-refractivity contribution in [3.8, 4) is 0 Å². The van der Waals surface area contributed by atoms with Gasteiger partial charge in [0.25, 0.3) is 0 Å². The van der Waals surface area contributed by atoms with Crippen LogP contribution >= 0.6 is 35.3 Å². The second-order valence-corrected chi connectivity index (χ2v) is 9.61. The third-order valence-corrected chi connectivity index (χ3v) is 7.61. The van der Waals surface area contributed by atoms with E-state index in [4.69, 9.17) is 0 Å². The van der Waals surface area contributed by atoms with Gasteiger partial charge in [-0.3, -0.25) is 14.6 Å². The number of guanidine groups is 1. The van der Waals surface area contributed by atoms with Gasteiger partial charge in [-0.1, -0.05) is 19.3 Å². The van der Waals surface area contributed by atoms with Gasteiger partial charge in [0.05, 0.1) is 6.54 Å². The van der Waals surface area contributed by atoms with E-state index in [-0.39, 0.29) is 48.4 Å². The molecular weight excluding hydrogens is 525 g/mol. The number of nitrogens with zero attached hydrogens (tertiary/aromatic N) is 3. The molecule has 7 nitrogen and oxygen atoms in total. The molecule has 31 heavy (non-hydrogen) atoms. The van der Waals surface area contributed by atoms with Crippen molar-refractivity contribution in [2.24, 2.45) is 10.9 Å². The number of aliphatic imine (C=N–C) groups is 1. The van der Waals surface area contributed by atoms with E-state index >= 15 is 0 Å². The van der Waals surface area contributed by atoms with Gasteiger partial charge in [0.15, 0.2) is 5.96 Å². The fraction of sp³-hybridized carbons (Fsp3) is 0.682. The first-order valence-electron chi connectivity index (χ1n) is 11.2. The molecule has 1 aromatic heterocycles.